The molecule has 2 aromatic carbocycles. The normalized spacial score (nSPS) is 12.0. The summed E-state index contributed by atoms with van der Waals surface area (Å²) in [4.78, 5) is 18.7. The Morgan fingerprint density at radius 1 is 1.13 bits per heavy atom. The number of aromatic nitrogens is 6. The standard InChI is InChI=1S/C21H20ClN7O/c1-14(16-7-9-18(10-8-16)28-13-23-12-24-28)27(3)21(30)20-15(2)29(26-25-20)19-6-4-5-17(22)11-19/h4-14H,1-3H3. The number of hydrogen-bond donors (Lipinski definition) is 0. The van der Waals surface area contributed by atoms with Crippen molar-refractivity contribution in [2.24, 2.45) is 0 Å². The van der Waals surface area contributed by atoms with E-state index >= 15 is 0 Å². The highest BCUT2D eigenvalue weighted by molar-refractivity contribution is 6.30. The van der Waals surface area contributed by atoms with Crippen molar-refractivity contribution < 1.29 is 4.79 Å². The average molecular weight is 422 g/mol. The fraction of sp³-hybridized carbons (Fsp3) is 0.190. The van der Waals surface area contributed by atoms with Crippen molar-refractivity contribution >= 4 is 17.5 Å². The number of halogens is 1. The molecule has 0 aliphatic heterocycles. The SMILES string of the molecule is Cc1c(C(=O)N(C)C(C)c2ccc(-n3cncn3)cc2)nnn1-c1cccc(Cl)c1. The molecule has 4 aromatic rings. The fourth-order valence-electron chi connectivity index (χ4n) is 3.19. The molecule has 0 aliphatic rings. The number of rotatable bonds is 5. The Balaban J connectivity index is 1.55. The van der Waals surface area contributed by atoms with Gasteiger partial charge in [0.2, 0.25) is 0 Å². The van der Waals surface area contributed by atoms with Crippen LogP contribution in [0.25, 0.3) is 11.4 Å². The zero-order valence-electron chi connectivity index (χ0n) is 16.8. The van der Waals surface area contributed by atoms with Crippen LogP contribution in [0.15, 0.2) is 61.2 Å². The molecule has 4 rings (SSSR count). The minimum Gasteiger partial charge on any atom is -0.333 e. The van der Waals surface area contributed by atoms with Crippen molar-refractivity contribution in [1.29, 1.82) is 0 Å². The molecule has 8 nitrogen and oxygen atoms in total. The maximum atomic E-state index is 13.1. The summed E-state index contributed by atoms with van der Waals surface area (Å²) in [6, 6.07) is 14.9. The topological polar surface area (TPSA) is 81.7 Å². The first-order valence-corrected chi connectivity index (χ1v) is 9.74. The molecule has 1 amide bonds. The summed E-state index contributed by atoms with van der Waals surface area (Å²) in [5.74, 6) is -0.200. The summed E-state index contributed by atoms with van der Waals surface area (Å²) >= 11 is 6.07. The lowest BCUT2D eigenvalue weighted by Gasteiger charge is -2.25. The fourth-order valence-corrected chi connectivity index (χ4v) is 3.38. The maximum Gasteiger partial charge on any atom is 0.276 e. The van der Waals surface area contributed by atoms with Gasteiger partial charge in [0.05, 0.1) is 23.1 Å². The molecule has 0 saturated carbocycles. The summed E-state index contributed by atoms with van der Waals surface area (Å²) in [6.45, 7) is 3.79. The summed E-state index contributed by atoms with van der Waals surface area (Å²) in [5, 5.41) is 13.0. The average Bonchev–Trinajstić information content (AvgIpc) is 3.42. The van der Waals surface area contributed by atoms with Gasteiger partial charge in [-0.05, 0) is 49.7 Å². The van der Waals surface area contributed by atoms with E-state index < -0.39 is 0 Å². The van der Waals surface area contributed by atoms with E-state index in [1.807, 2.05) is 50.2 Å². The molecule has 2 heterocycles. The minimum absolute atomic E-state index is 0.155. The second-order valence-electron chi connectivity index (χ2n) is 6.94. The lowest BCUT2D eigenvalue weighted by atomic mass is 10.1. The zero-order valence-corrected chi connectivity index (χ0v) is 17.5. The molecule has 2 aromatic heterocycles. The Kier molecular flexibility index (Phi) is 5.33. The van der Waals surface area contributed by atoms with Crippen molar-refractivity contribution in [3.05, 3.63) is 83.2 Å². The van der Waals surface area contributed by atoms with E-state index in [0.29, 0.717) is 16.4 Å². The van der Waals surface area contributed by atoms with Crippen LogP contribution in [0.5, 0.6) is 0 Å². The molecule has 9 heteroatoms. The van der Waals surface area contributed by atoms with E-state index in [1.54, 1.807) is 39.8 Å². The molecule has 0 N–H and O–H groups in total. The molecule has 0 saturated heterocycles. The summed E-state index contributed by atoms with van der Waals surface area (Å²) in [7, 11) is 1.76. The van der Waals surface area contributed by atoms with Gasteiger partial charge in [0.15, 0.2) is 5.69 Å². The summed E-state index contributed by atoms with van der Waals surface area (Å²) in [6.07, 6.45) is 3.13. The third-order valence-corrected chi connectivity index (χ3v) is 5.35. The quantitative estimate of drug-likeness (QED) is 0.491. The van der Waals surface area contributed by atoms with E-state index in [-0.39, 0.29) is 11.9 Å². The molecule has 0 bridgehead atoms. The molecule has 152 valence electrons. The Labute approximate surface area is 178 Å². The maximum absolute atomic E-state index is 13.1. The van der Waals surface area contributed by atoms with Crippen molar-refractivity contribution in [2.75, 3.05) is 7.05 Å². The van der Waals surface area contributed by atoms with Gasteiger partial charge >= 0.3 is 0 Å². The Hall–Kier alpha value is -3.52. The number of carbonyl (C=O) groups is 1. The van der Waals surface area contributed by atoms with Gasteiger partial charge in [0, 0.05) is 12.1 Å². The van der Waals surface area contributed by atoms with E-state index in [9.17, 15) is 4.79 Å². The van der Waals surface area contributed by atoms with Gasteiger partial charge < -0.3 is 4.90 Å². The molecule has 1 atom stereocenters. The monoisotopic (exact) mass is 421 g/mol. The third kappa shape index (κ3) is 3.69. The highest BCUT2D eigenvalue weighted by Crippen LogP contribution is 2.23. The van der Waals surface area contributed by atoms with Gasteiger partial charge in [-0.3, -0.25) is 4.79 Å². The van der Waals surface area contributed by atoms with Gasteiger partial charge in [0.1, 0.15) is 12.7 Å². The first-order valence-electron chi connectivity index (χ1n) is 9.36. The molecule has 0 spiro atoms. The van der Waals surface area contributed by atoms with Crippen LogP contribution in [0.1, 0.15) is 34.7 Å². The lowest BCUT2D eigenvalue weighted by Crippen LogP contribution is -2.30. The molecule has 0 aliphatic carbocycles. The minimum atomic E-state index is -0.200. The van der Waals surface area contributed by atoms with Gasteiger partial charge in [-0.25, -0.2) is 14.3 Å². The summed E-state index contributed by atoms with van der Waals surface area (Å²) < 4.78 is 3.30. The second-order valence-corrected chi connectivity index (χ2v) is 7.38. The Morgan fingerprint density at radius 3 is 2.57 bits per heavy atom. The van der Waals surface area contributed by atoms with Crippen molar-refractivity contribution in [2.45, 2.75) is 19.9 Å². The molecular formula is C21H20ClN7O. The predicted molar refractivity (Wildman–Crippen MR) is 113 cm³/mol. The van der Waals surface area contributed by atoms with Crippen LogP contribution in [0, 0.1) is 6.92 Å². The van der Waals surface area contributed by atoms with E-state index in [1.165, 1.54) is 6.33 Å². The highest BCUT2D eigenvalue weighted by atomic mass is 35.5. The largest absolute Gasteiger partial charge is 0.333 e. The predicted octanol–water partition coefficient (Wildman–Crippen LogP) is 3.64. The molecule has 30 heavy (non-hydrogen) atoms. The number of benzene rings is 2. The van der Waals surface area contributed by atoms with Crippen LogP contribution in [0.2, 0.25) is 5.02 Å². The molecule has 0 radical (unpaired) electrons. The number of amides is 1. The van der Waals surface area contributed by atoms with Crippen molar-refractivity contribution in [1.82, 2.24) is 34.7 Å². The van der Waals surface area contributed by atoms with Gasteiger partial charge in [-0.2, -0.15) is 5.10 Å². The first kappa shape index (κ1) is 19.8. The number of carbonyl (C=O) groups excluding carboxylic acids is 1. The molecule has 1 unspecified atom stereocenters. The van der Waals surface area contributed by atoms with Crippen LogP contribution in [-0.2, 0) is 0 Å². The Bertz CT molecular complexity index is 1170. The van der Waals surface area contributed by atoms with Crippen molar-refractivity contribution in [3.63, 3.8) is 0 Å². The lowest BCUT2D eigenvalue weighted by molar-refractivity contribution is 0.0736. The van der Waals surface area contributed by atoms with E-state index in [0.717, 1.165) is 16.9 Å². The smallest absolute Gasteiger partial charge is 0.276 e. The van der Waals surface area contributed by atoms with E-state index in [2.05, 4.69) is 20.4 Å². The molecule has 0 fully saturated rings. The first-order chi connectivity index (χ1) is 14.5. The second kappa shape index (κ2) is 8.08. The highest BCUT2D eigenvalue weighted by Gasteiger charge is 2.24. The van der Waals surface area contributed by atoms with Gasteiger partial charge in [0.25, 0.3) is 5.91 Å². The van der Waals surface area contributed by atoms with E-state index in [4.69, 9.17) is 11.6 Å². The van der Waals surface area contributed by atoms with Crippen LogP contribution >= 0.6 is 11.6 Å². The van der Waals surface area contributed by atoms with Crippen LogP contribution in [0.3, 0.4) is 0 Å². The molecular weight excluding hydrogens is 402 g/mol. The summed E-state index contributed by atoms with van der Waals surface area (Å²) in [5.41, 5.74) is 3.62. The number of nitrogens with zero attached hydrogens (tertiary/aromatic N) is 7. The number of hydrogen-bond acceptors (Lipinski definition) is 5. The van der Waals surface area contributed by atoms with Gasteiger partial charge in [-0.1, -0.05) is 35.0 Å². The zero-order chi connectivity index (χ0) is 21.3. The van der Waals surface area contributed by atoms with Crippen LogP contribution < -0.4 is 0 Å². The van der Waals surface area contributed by atoms with Crippen molar-refractivity contribution in [3.8, 4) is 11.4 Å². The van der Waals surface area contributed by atoms with Gasteiger partial charge in [-0.15, -0.1) is 5.10 Å². The Morgan fingerprint density at radius 2 is 1.90 bits per heavy atom. The van der Waals surface area contributed by atoms with Crippen LogP contribution in [0.4, 0.5) is 0 Å². The van der Waals surface area contributed by atoms with Crippen LogP contribution in [-0.4, -0.2) is 47.6 Å². The third-order valence-electron chi connectivity index (χ3n) is 5.11.